The quantitative estimate of drug-likeness (QED) is 0.697. The van der Waals surface area contributed by atoms with Crippen molar-refractivity contribution in [3.05, 3.63) is 0 Å². The third-order valence-electron chi connectivity index (χ3n) is 7.66. The van der Waals surface area contributed by atoms with Crippen LogP contribution in [-0.2, 0) is 4.74 Å². The second-order valence-corrected chi connectivity index (χ2v) is 8.19. The summed E-state index contributed by atoms with van der Waals surface area (Å²) in [6, 6.07) is 0. The van der Waals surface area contributed by atoms with Gasteiger partial charge in [-0.15, -0.1) is 0 Å². The van der Waals surface area contributed by atoms with Gasteiger partial charge in [0, 0.05) is 17.3 Å². The molecule has 3 heterocycles. The second-order valence-electron chi connectivity index (χ2n) is 8.19. The van der Waals surface area contributed by atoms with E-state index >= 15 is 0 Å². The van der Waals surface area contributed by atoms with E-state index in [2.05, 4.69) is 11.8 Å². The highest BCUT2D eigenvalue weighted by atomic mass is 16.6. The molecular weight excluding hydrogens is 254 g/mol. The fourth-order valence-electron chi connectivity index (χ4n) is 7.04. The smallest absolute Gasteiger partial charge is 0.160 e. The standard InChI is InChI=1S/C16H25NO3/c1-14-9-15-10-4-2-6-17(15)7-3-5-16(15,19)12(14)8-11(10)20-13(14)18/h10-13,18-19H,2-9H2,1H3/t10-,11-,12-,13?,14-,15+,16+/m1/s1. The molecule has 2 N–H and O–H groups in total. The predicted octanol–water partition coefficient (Wildman–Crippen LogP) is 1.11. The molecule has 2 saturated carbocycles. The van der Waals surface area contributed by atoms with Crippen LogP contribution in [-0.4, -0.2) is 51.7 Å². The van der Waals surface area contributed by atoms with Crippen molar-refractivity contribution in [3.8, 4) is 0 Å². The first kappa shape index (κ1) is 12.4. The summed E-state index contributed by atoms with van der Waals surface area (Å²) in [6.07, 6.45) is 5.71. The number of nitrogens with zero attached hydrogens (tertiary/aromatic N) is 1. The van der Waals surface area contributed by atoms with Gasteiger partial charge in [0.15, 0.2) is 6.29 Å². The molecule has 5 fully saturated rings. The van der Waals surface area contributed by atoms with Gasteiger partial charge in [0.05, 0.1) is 17.2 Å². The van der Waals surface area contributed by atoms with Crippen molar-refractivity contribution in [1.29, 1.82) is 0 Å². The van der Waals surface area contributed by atoms with Gasteiger partial charge in [0.25, 0.3) is 0 Å². The van der Waals surface area contributed by atoms with Crippen molar-refractivity contribution < 1.29 is 14.9 Å². The molecule has 0 amide bonds. The van der Waals surface area contributed by atoms with Crippen LogP contribution in [0, 0.1) is 17.3 Å². The van der Waals surface area contributed by atoms with Gasteiger partial charge < -0.3 is 14.9 Å². The van der Waals surface area contributed by atoms with Crippen LogP contribution in [0.2, 0.25) is 0 Å². The lowest BCUT2D eigenvalue weighted by Crippen LogP contribution is -2.76. The van der Waals surface area contributed by atoms with Crippen LogP contribution in [0.3, 0.4) is 0 Å². The third-order valence-corrected chi connectivity index (χ3v) is 7.66. The van der Waals surface area contributed by atoms with Crippen LogP contribution in [0.15, 0.2) is 0 Å². The molecule has 3 bridgehead atoms. The van der Waals surface area contributed by atoms with E-state index in [0.717, 1.165) is 45.2 Å². The second kappa shape index (κ2) is 3.43. The minimum Gasteiger partial charge on any atom is -0.388 e. The monoisotopic (exact) mass is 279 g/mol. The molecule has 1 unspecified atom stereocenters. The van der Waals surface area contributed by atoms with E-state index < -0.39 is 11.9 Å². The van der Waals surface area contributed by atoms with Crippen molar-refractivity contribution in [2.75, 3.05) is 13.1 Å². The number of fused-ring (bicyclic) bond motifs is 2. The summed E-state index contributed by atoms with van der Waals surface area (Å²) in [6.45, 7) is 4.38. The molecule has 2 aliphatic carbocycles. The molecule has 112 valence electrons. The summed E-state index contributed by atoms with van der Waals surface area (Å²) < 4.78 is 6.01. The Kier molecular flexibility index (Phi) is 2.12. The highest BCUT2D eigenvalue weighted by Gasteiger charge is 2.79. The maximum Gasteiger partial charge on any atom is 0.160 e. The van der Waals surface area contributed by atoms with E-state index in [1.807, 2.05) is 0 Å². The number of aliphatic hydroxyl groups is 2. The number of hydrogen-bond acceptors (Lipinski definition) is 4. The molecule has 4 heteroatoms. The summed E-state index contributed by atoms with van der Waals surface area (Å²) in [5, 5.41) is 22.2. The Morgan fingerprint density at radius 3 is 2.90 bits per heavy atom. The maximum atomic E-state index is 11.7. The van der Waals surface area contributed by atoms with Crippen molar-refractivity contribution in [3.63, 3.8) is 0 Å². The number of aliphatic hydroxyl groups excluding tert-OH is 1. The first-order valence-corrected chi connectivity index (χ1v) is 8.33. The van der Waals surface area contributed by atoms with Gasteiger partial charge in [-0.2, -0.15) is 0 Å². The molecular formula is C16H25NO3. The average Bonchev–Trinajstić information content (AvgIpc) is 2.50. The molecule has 1 spiro atoms. The van der Waals surface area contributed by atoms with Crippen LogP contribution < -0.4 is 0 Å². The molecule has 0 radical (unpaired) electrons. The number of piperidine rings is 2. The lowest BCUT2D eigenvalue weighted by molar-refractivity contribution is -0.302. The van der Waals surface area contributed by atoms with Crippen LogP contribution >= 0.6 is 0 Å². The molecule has 5 aliphatic rings. The molecule has 0 aromatic heterocycles. The van der Waals surface area contributed by atoms with Crippen LogP contribution in [0.25, 0.3) is 0 Å². The summed E-state index contributed by atoms with van der Waals surface area (Å²) in [7, 11) is 0. The Bertz CT molecular complexity index is 469. The number of ether oxygens (including phenoxy) is 1. The molecule has 20 heavy (non-hydrogen) atoms. The lowest BCUT2D eigenvalue weighted by Gasteiger charge is -2.65. The van der Waals surface area contributed by atoms with Gasteiger partial charge in [-0.25, -0.2) is 0 Å². The van der Waals surface area contributed by atoms with E-state index in [1.165, 1.54) is 6.42 Å². The Labute approximate surface area is 120 Å². The zero-order valence-corrected chi connectivity index (χ0v) is 12.2. The van der Waals surface area contributed by atoms with Crippen LogP contribution in [0.5, 0.6) is 0 Å². The topological polar surface area (TPSA) is 52.9 Å². The Hall–Kier alpha value is -0.160. The summed E-state index contributed by atoms with van der Waals surface area (Å²) >= 11 is 0. The van der Waals surface area contributed by atoms with E-state index in [9.17, 15) is 10.2 Å². The third kappa shape index (κ3) is 1.04. The molecule has 7 atom stereocenters. The fraction of sp³-hybridized carbons (Fsp3) is 1.00. The Morgan fingerprint density at radius 2 is 2.05 bits per heavy atom. The Balaban J connectivity index is 1.76. The highest BCUT2D eigenvalue weighted by Crippen LogP contribution is 2.72. The number of rotatable bonds is 0. The average molecular weight is 279 g/mol. The molecule has 0 aromatic rings. The van der Waals surface area contributed by atoms with Crippen molar-refractivity contribution in [2.45, 2.75) is 69.0 Å². The van der Waals surface area contributed by atoms with Crippen LogP contribution in [0.1, 0.15) is 45.4 Å². The normalized spacial score (nSPS) is 64.3. The van der Waals surface area contributed by atoms with E-state index in [0.29, 0.717) is 5.92 Å². The van der Waals surface area contributed by atoms with Gasteiger partial charge in [-0.1, -0.05) is 6.92 Å². The van der Waals surface area contributed by atoms with Gasteiger partial charge in [-0.05, 0) is 51.6 Å². The minimum atomic E-state index is -0.692. The first-order chi connectivity index (χ1) is 9.52. The van der Waals surface area contributed by atoms with Gasteiger partial charge in [0.1, 0.15) is 0 Å². The molecule has 5 rings (SSSR count). The van der Waals surface area contributed by atoms with E-state index in [4.69, 9.17) is 4.74 Å². The van der Waals surface area contributed by atoms with E-state index in [-0.39, 0.29) is 23.0 Å². The zero-order valence-electron chi connectivity index (χ0n) is 12.2. The number of hydrogen-bond donors (Lipinski definition) is 2. The molecule has 0 aromatic carbocycles. The van der Waals surface area contributed by atoms with Crippen molar-refractivity contribution in [1.82, 2.24) is 4.90 Å². The molecule has 4 nitrogen and oxygen atoms in total. The zero-order chi connectivity index (χ0) is 13.8. The lowest BCUT2D eigenvalue weighted by atomic mass is 9.55. The summed E-state index contributed by atoms with van der Waals surface area (Å²) in [5.41, 5.74) is -0.963. The van der Waals surface area contributed by atoms with Gasteiger partial charge in [-0.3, -0.25) is 4.90 Å². The predicted molar refractivity (Wildman–Crippen MR) is 72.9 cm³/mol. The molecule has 3 aliphatic heterocycles. The summed E-state index contributed by atoms with van der Waals surface area (Å²) in [4.78, 5) is 2.58. The highest BCUT2D eigenvalue weighted by molar-refractivity contribution is 5.30. The Morgan fingerprint density at radius 1 is 1.25 bits per heavy atom. The van der Waals surface area contributed by atoms with Crippen molar-refractivity contribution in [2.24, 2.45) is 17.3 Å². The molecule has 3 saturated heterocycles. The van der Waals surface area contributed by atoms with Crippen molar-refractivity contribution >= 4 is 0 Å². The van der Waals surface area contributed by atoms with Crippen LogP contribution in [0.4, 0.5) is 0 Å². The largest absolute Gasteiger partial charge is 0.388 e. The summed E-state index contributed by atoms with van der Waals surface area (Å²) in [5.74, 6) is 0.623. The van der Waals surface area contributed by atoms with Gasteiger partial charge >= 0.3 is 0 Å². The first-order valence-electron chi connectivity index (χ1n) is 8.33. The fourth-order valence-corrected chi connectivity index (χ4v) is 7.04. The van der Waals surface area contributed by atoms with Gasteiger partial charge in [0.2, 0.25) is 0 Å². The SMILES string of the molecule is C[C@@]12C[C@@]34[C@@H]5CCCN3CCC[C@]4(O)[C@@H]1C[C@H]5OC2O. The maximum absolute atomic E-state index is 11.7. The van der Waals surface area contributed by atoms with E-state index in [1.54, 1.807) is 0 Å². The minimum absolute atomic E-state index is 0.108.